The highest BCUT2D eigenvalue weighted by atomic mass is 35.5. The van der Waals surface area contributed by atoms with Crippen LogP contribution in [0.4, 0.5) is 0 Å². The Bertz CT molecular complexity index is 841. The van der Waals surface area contributed by atoms with Crippen molar-refractivity contribution in [2.75, 3.05) is 26.7 Å². The zero-order valence-corrected chi connectivity index (χ0v) is 17.3. The van der Waals surface area contributed by atoms with E-state index in [1.807, 2.05) is 20.9 Å². The molecule has 3 rings (SSSR count). The summed E-state index contributed by atoms with van der Waals surface area (Å²) in [6, 6.07) is 6.44. The third-order valence-electron chi connectivity index (χ3n) is 4.63. The standard InChI is InChI=1S/C17H25N5O3S.ClH/c1-4-12(2)21-26(23,24)14-7-5-13(6-8-14)17-19-16(20-25-17)15-11-18-9-10-22(15)3;/h5-8,12,15,18,21H,4,9-11H2,1-3H3;1H. The molecule has 1 aromatic carbocycles. The second kappa shape index (κ2) is 9.11. The van der Waals surface area contributed by atoms with Crippen LogP contribution in [-0.4, -0.2) is 56.2 Å². The van der Waals surface area contributed by atoms with Gasteiger partial charge in [0.05, 0.1) is 10.9 Å². The second-order valence-electron chi connectivity index (χ2n) is 6.61. The van der Waals surface area contributed by atoms with Gasteiger partial charge in [-0.2, -0.15) is 4.98 Å². The highest BCUT2D eigenvalue weighted by Gasteiger charge is 2.25. The average molecular weight is 416 g/mol. The number of nitrogens with one attached hydrogen (secondary N) is 2. The van der Waals surface area contributed by atoms with E-state index in [-0.39, 0.29) is 29.4 Å². The van der Waals surface area contributed by atoms with E-state index in [2.05, 4.69) is 25.1 Å². The average Bonchev–Trinajstić information content (AvgIpc) is 3.11. The number of halogens is 1. The van der Waals surface area contributed by atoms with Crippen molar-refractivity contribution in [3.8, 4) is 11.5 Å². The number of aromatic nitrogens is 2. The van der Waals surface area contributed by atoms with Gasteiger partial charge in [0, 0.05) is 31.2 Å². The van der Waals surface area contributed by atoms with Crippen molar-refractivity contribution < 1.29 is 12.9 Å². The minimum Gasteiger partial charge on any atom is -0.334 e. The summed E-state index contributed by atoms with van der Waals surface area (Å²) in [5, 5.41) is 7.41. The summed E-state index contributed by atoms with van der Waals surface area (Å²) in [6.45, 7) is 6.41. The molecule has 0 radical (unpaired) electrons. The molecule has 0 bridgehead atoms. The molecule has 2 aromatic rings. The fraction of sp³-hybridized carbons (Fsp3) is 0.529. The number of hydrogen-bond donors (Lipinski definition) is 2. The van der Waals surface area contributed by atoms with Gasteiger partial charge in [0.25, 0.3) is 5.89 Å². The Morgan fingerprint density at radius 2 is 2.07 bits per heavy atom. The third-order valence-corrected chi connectivity index (χ3v) is 6.24. The van der Waals surface area contributed by atoms with E-state index in [0.29, 0.717) is 17.3 Å². The predicted molar refractivity (Wildman–Crippen MR) is 105 cm³/mol. The van der Waals surface area contributed by atoms with Crippen LogP contribution in [0.5, 0.6) is 0 Å². The largest absolute Gasteiger partial charge is 0.334 e. The van der Waals surface area contributed by atoms with E-state index in [1.54, 1.807) is 24.3 Å². The van der Waals surface area contributed by atoms with Gasteiger partial charge in [-0.15, -0.1) is 12.4 Å². The molecule has 2 N–H and O–H groups in total. The van der Waals surface area contributed by atoms with Gasteiger partial charge < -0.3 is 9.84 Å². The lowest BCUT2D eigenvalue weighted by Gasteiger charge is -2.30. The number of nitrogens with zero attached hydrogens (tertiary/aromatic N) is 3. The number of rotatable bonds is 6. The number of hydrogen-bond acceptors (Lipinski definition) is 7. The van der Waals surface area contributed by atoms with E-state index in [1.165, 1.54) is 0 Å². The van der Waals surface area contributed by atoms with Gasteiger partial charge in [-0.1, -0.05) is 12.1 Å². The first-order chi connectivity index (χ1) is 12.4. The summed E-state index contributed by atoms with van der Waals surface area (Å²) in [7, 11) is -1.49. The molecule has 2 atom stereocenters. The van der Waals surface area contributed by atoms with Gasteiger partial charge in [-0.25, -0.2) is 13.1 Å². The number of sulfonamides is 1. The molecule has 0 spiro atoms. The lowest BCUT2D eigenvalue weighted by molar-refractivity contribution is 0.190. The number of benzene rings is 1. The number of piperazine rings is 1. The van der Waals surface area contributed by atoms with Crippen molar-refractivity contribution >= 4 is 22.4 Å². The minimum absolute atomic E-state index is 0. The molecule has 27 heavy (non-hydrogen) atoms. The van der Waals surface area contributed by atoms with E-state index in [9.17, 15) is 8.42 Å². The molecule has 1 saturated heterocycles. The Morgan fingerprint density at radius 3 is 2.70 bits per heavy atom. The van der Waals surface area contributed by atoms with Crippen molar-refractivity contribution in [3.05, 3.63) is 30.1 Å². The molecule has 1 aromatic heterocycles. The molecule has 2 heterocycles. The summed E-state index contributed by atoms with van der Waals surface area (Å²) < 4.78 is 32.7. The molecule has 0 saturated carbocycles. The fourth-order valence-corrected chi connectivity index (χ4v) is 4.10. The maximum Gasteiger partial charge on any atom is 0.257 e. The zero-order valence-electron chi connectivity index (χ0n) is 15.7. The van der Waals surface area contributed by atoms with E-state index in [4.69, 9.17) is 4.52 Å². The molecule has 1 fully saturated rings. The summed E-state index contributed by atoms with van der Waals surface area (Å²) in [4.78, 5) is 6.89. The Balaban J connectivity index is 0.00000261. The van der Waals surface area contributed by atoms with Crippen LogP contribution in [0.15, 0.2) is 33.7 Å². The first-order valence-electron chi connectivity index (χ1n) is 8.78. The van der Waals surface area contributed by atoms with Crippen LogP contribution < -0.4 is 10.0 Å². The second-order valence-corrected chi connectivity index (χ2v) is 8.33. The van der Waals surface area contributed by atoms with Crippen LogP contribution in [0.3, 0.4) is 0 Å². The van der Waals surface area contributed by atoms with Crippen LogP contribution in [0.25, 0.3) is 11.5 Å². The van der Waals surface area contributed by atoms with Crippen molar-refractivity contribution in [1.29, 1.82) is 0 Å². The van der Waals surface area contributed by atoms with E-state index < -0.39 is 10.0 Å². The third kappa shape index (κ3) is 5.05. The summed E-state index contributed by atoms with van der Waals surface area (Å²) in [5.74, 6) is 1.02. The quantitative estimate of drug-likeness (QED) is 0.741. The Labute approximate surface area is 166 Å². The maximum absolute atomic E-state index is 12.3. The maximum atomic E-state index is 12.3. The van der Waals surface area contributed by atoms with Gasteiger partial charge >= 0.3 is 0 Å². The predicted octanol–water partition coefficient (Wildman–Crippen LogP) is 1.81. The lowest BCUT2D eigenvalue weighted by Crippen LogP contribution is -2.44. The lowest BCUT2D eigenvalue weighted by atomic mass is 10.2. The molecule has 2 unspecified atom stereocenters. The molecule has 8 nitrogen and oxygen atoms in total. The number of likely N-dealkylation sites (N-methyl/N-ethyl adjacent to an activating group) is 1. The Hall–Kier alpha value is -1.52. The summed E-state index contributed by atoms with van der Waals surface area (Å²) in [6.07, 6.45) is 0.729. The van der Waals surface area contributed by atoms with Crippen LogP contribution in [0.1, 0.15) is 32.1 Å². The normalized spacial score (nSPS) is 19.4. The molecule has 10 heteroatoms. The van der Waals surface area contributed by atoms with Gasteiger partial charge in [-0.3, -0.25) is 4.90 Å². The summed E-state index contributed by atoms with van der Waals surface area (Å²) in [5.41, 5.74) is 0.692. The van der Waals surface area contributed by atoms with Gasteiger partial charge in [-0.05, 0) is 44.7 Å². The SMILES string of the molecule is CCC(C)NS(=O)(=O)c1ccc(-c2nc(C3CNCCN3C)no2)cc1.Cl. The molecular formula is C17H26ClN5O3S. The molecule has 1 aliphatic rings. The first kappa shape index (κ1) is 21.8. The highest BCUT2D eigenvalue weighted by Crippen LogP contribution is 2.24. The van der Waals surface area contributed by atoms with Gasteiger partial charge in [0.2, 0.25) is 10.0 Å². The van der Waals surface area contributed by atoms with Gasteiger partial charge in [0.15, 0.2) is 5.82 Å². The minimum atomic E-state index is -3.52. The van der Waals surface area contributed by atoms with Gasteiger partial charge in [0.1, 0.15) is 0 Å². The zero-order chi connectivity index (χ0) is 18.7. The van der Waals surface area contributed by atoms with E-state index >= 15 is 0 Å². The molecular weight excluding hydrogens is 390 g/mol. The van der Waals surface area contributed by atoms with Crippen LogP contribution in [0.2, 0.25) is 0 Å². The fourth-order valence-electron chi connectivity index (χ4n) is 2.77. The van der Waals surface area contributed by atoms with Crippen molar-refractivity contribution in [3.63, 3.8) is 0 Å². The van der Waals surface area contributed by atoms with Crippen molar-refractivity contribution in [1.82, 2.24) is 25.1 Å². The van der Waals surface area contributed by atoms with E-state index in [0.717, 1.165) is 26.1 Å². The Kier molecular flexibility index (Phi) is 7.35. The van der Waals surface area contributed by atoms with Crippen LogP contribution >= 0.6 is 12.4 Å². The smallest absolute Gasteiger partial charge is 0.257 e. The van der Waals surface area contributed by atoms with Crippen LogP contribution in [-0.2, 0) is 10.0 Å². The van der Waals surface area contributed by atoms with Crippen molar-refractivity contribution in [2.24, 2.45) is 0 Å². The monoisotopic (exact) mass is 415 g/mol. The van der Waals surface area contributed by atoms with Crippen molar-refractivity contribution in [2.45, 2.75) is 37.2 Å². The van der Waals surface area contributed by atoms with Crippen LogP contribution in [0, 0.1) is 0 Å². The molecule has 0 amide bonds. The molecule has 1 aliphatic heterocycles. The Morgan fingerprint density at radius 1 is 1.37 bits per heavy atom. The first-order valence-corrected chi connectivity index (χ1v) is 10.3. The molecule has 150 valence electrons. The topological polar surface area (TPSA) is 100 Å². The summed E-state index contributed by atoms with van der Waals surface area (Å²) >= 11 is 0. The highest BCUT2D eigenvalue weighted by molar-refractivity contribution is 7.89. The molecule has 0 aliphatic carbocycles.